The first-order valence-corrected chi connectivity index (χ1v) is 5.86. The van der Waals surface area contributed by atoms with Crippen molar-refractivity contribution in [1.82, 2.24) is 4.90 Å². The molecular weight excluding hydrogens is 216 g/mol. The maximum atomic E-state index is 12.3. The fraction of sp³-hybridized carbons (Fsp3) is 0.538. The molecule has 4 heteroatoms. The van der Waals surface area contributed by atoms with E-state index in [9.17, 15) is 10.1 Å². The number of rotatable bonds is 3. The lowest BCUT2D eigenvalue weighted by Crippen LogP contribution is -2.39. The van der Waals surface area contributed by atoms with Crippen LogP contribution < -0.4 is 0 Å². The highest BCUT2D eigenvalue weighted by molar-refractivity contribution is 5.85. The molecule has 0 aliphatic heterocycles. The molecule has 0 spiro atoms. The molecule has 1 aromatic rings. The van der Waals surface area contributed by atoms with Gasteiger partial charge in [-0.05, 0) is 18.9 Å². The molecule has 1 aromatic heterocycles. The van der Waals surface area contributed by atoms with Gasteiger partial charge in [-0.3, -0.25) is 4.79 Å². The van der Waals surface area contributed by atoms with E-state index in [1.165, 1.54) is 0 Å². The van der Waals surface area contributed by atoms with Crippen LogP contribution in [0.2, 0.25) is 0 Å². The van der Waals surface area contributed by atoms with Crippen LogP contribution in [0.5, 0.6) is 0 Å². The van der Waals surface area contributed by atoms with E-state index in [4.69, 9.17) is 4.42 Å². The van der Waals surface area contributed by atoms with Crippen LogP contribution in [0.1, 0.15) is 31.2 Å². The minimum atomic E-state index is -0.779. The number of nitrogens with zero attached hydrogens (tertiary/aromatic N) is 2. The summed E-state index contributed by atoms with van der Waals surface area (Å²) in [6, 6.07) is 4.05. The molecule has 1 heterocycles. The molecule has 0 bridgehead atoms. The zero-order chi connectivity index (χ0) is 12.3. The molecule has 0 aromatic carbocycles. The van der Waals surface area contributed by atoms with E-state index in [0.29, 0.717) is 19.4 Å². The SMILES string of the molecule is CN(Cc1ccoc1)C(=O)C1(C#N)CCCC1. The molecule has 1 amide bonds. The zero-order valence-electron chi connectivity index (χ0n) is 9.98. The predicted octanol–water partition coefficient (Wildman–Crippen LogP) is 2.32. The van der Waals surface area contributed by atoms with Crippen LogP contribution in [0.15, 0.2) is 23.0 Å². The molecule has 4 nitrogen and oxygen atoms in total. The van der Waals surface area contributed by atoms with Gasteiger partial charge in [0, 0.05) is 19.2 Å². The van der Waals surface area contributed by atoms with Crippen LogP contribution in [0, 0.1) is 16.7 Å². The lowest BCUT2D eigenvalue weighted by molar-refractivity contribution is -0.138. The number of hydrogen-bond donors (Lipinski definition) is 0. The summed E-state index contributed by atoms with van der Waals surface area (Å²) < 4.78 is 4.97. The maximum Gasteiger partial charge on any atom is 0.243 e. The summed E-state index contributed by atoms with van der Waals surface area (Å²) in [6.07, 6.45) is 6.54. The van der Waals surface area contributed by atoms with E-state index in [1.807, 2.05) is 6.07 Å². The van der Waals surface area contributed by atoms with E-state index in [2.05, 4.69) is 6.07 Å². The maximum absolute atomic E-state index is 12.3. The van der Waals surface area contributed by atoms with Crippen LogP contribution in [0.4, 0.5) is 0 Å². The lowest BCUT2D eigenvalue weighted by atomic mass is 9.86. The Balaban J connectivity index is 2.06. The van der Waals surface area contributed by atoms with Gasteiger partial charge >= 0.3 is 0 Å². The fourth-order valence-electron chi connectivity index (χ4n) is 2.45. The Morgan fingerprint density at radius 2 is 2.29 bits per heavy atom. The van der Waals surface area contributed by atoms with Gasteiger partial charge in [0.2, 0.25) is 5.91 Å². The molecule has 0 N–H and O–H groups in total. The van der Waals surface area contributed by atoms with Crippen molar-refractivity contribution in [3.05, 3.63) is 24.2 Å². The Morgan fingerprint density at radius 3 is 2.82 bits per heavy atom. The third kappa shape index (κ3) is 2.19. The molecule has 17 heavy (non-hydrogen) atoms. The molecule has 90 valence electrons. The highest BCUT2D eigenvalue weighted by Crippen LogP contribution is 2.39. The van der Waals surface area contributed by atoms with Crippen LogP contribution in [0.3, 0.4) is 0 Å². The van der Waals surface area contributed by atoms with E-state index in [-0.39, 0.29) is 5.91 Å². The van der Waals surface area contributed by atoms with Crippen molar-refractivity contribution in [1.29, 1.82) is 5.26 Å². The van der Waals surface area contributed by atoms with Crippen molar-refractivity contribution in [2.75, 3.05) is 7.05 Å². The first kappa shape index (κ1) is 11.7. The van der Waals surface area contributed by atoms with Gasteiger partial charge in [0.15, 0.2) is 0 Å². The molecule has 2 rings (SSSR count). The summed E-state index contributed by atoms with van der Waals surface area (Å²) in [5.41, 5.74) is 0.172. The summed E-state index contributed by atoms with van der Waals surface area (Å²) in [6.45, 7) is 0.499. The second-order valence-electron chi connectivity index (χ2n) is 4.69. The van der Waals surface area contributed by atoms with Crippen molar-refractivity contribution < 1.29 is 9.21 Å². The van der Waals surface area contributed by atoms with E-state index < -0.39 is 5.41 Å². The minimum Gasteiger partial charge on any atom is -0.472 e. The molecule has 1 aliphatic carbocycles. The summed E-state index contributed by atoms with van der Waals surface area (Å²) >= 11 is 0. The van der Waals surface area contributed by atoms with E-state index >= 15 is 0 Å². The van der Waals surface area contributed by atoms with Crippen LogP contribution >= 0.6 is 0 Å². The normalized spacial score (nSPS) is 17.6. The zero-order valence-corrected chi connectivity index (χ0v) is 9.98. The lowest BCUT2D eigenvalue weighted by Gasteiger charge is -2.26. The standard InChI is InChI=1S/C13H16N2O2/c1-15(8-11-4-7-17-9-11)12(16)13(10-14)5-2-3-6-13/h4,7,9H,2-3,5-6,8H2,1H3. The second kappa shape index (κ2) is 4.62. The summed E-state index contributed by atoms with van der Waals surface area (Å²) in [5.74, 6) is -0.0568. The third-order valence-electron chi connectivity index (χ3n) is 3.43. The molecular formula is C13H16N2O2. The molecule has 0 saturated heterocycles. The number of carbonyl (C=O) groups is 1. The van der Waals surface area contributed by atoms with Crippen LogP contribution in [-0.4, -0.2) is 17.9 Å². The van der Waals surface area contributed by atoms with Crippen molar-refractivity contribution in [2.45, 2.75) is 32.2 Å². The molecule has 1 aliphatic rings. The van der Waals surface area contributed by atoms with Gasteiger partial charge in [0.05, 0.1) is 18.6 Å². The Hall–Kier alpha value is -1.76. The molecule has 1 fully saturated rings. The third-order valence-corrected chi connectivity index (χ3v) is 3.43. The van der Waals surface area contributed by atoms with Gasteiger partial charge < -0.3 is 9.32 Å². The number of hydrogen-bond acceptors (Lipinski definition) is 3. The predicted molar refractivity (Wildman–Crippen MR) is 61.7 cm³/mol. The van der Waals surface area contributed by atoms with Gasteiger partial charge in [-0.15, -0.1) is 0 Å². The van der Waals surface area contributed by atoms with Gasteiger partial charge in [-0.1, -0.05) is 12.8 Å². The second-order valence-corrected chi connectivity index (χ2v) is 4.69. The Bertz CT molecular complexity index is 425. The smallest absolute Gasteiger partial charge is 0.243 e. The molecule has 0 atom stereocenters. The number of furan rings is 1. The molecule has 0 radical (unpaired) electrons. The average Bonchev–Trinajstić information content (AvgIpc) is 2.99. The molecule has 1 saturated carbocycles. The van der Waals surface area contributed by atoms with Crippen molar-refractivity contribution >= 4 is 5.91 Å². The van der Waals surface area contributed by atoms with Crippen LogP contribution in [-0.2, 0) is 11.3 Å². The first-order valence-electron chi connectivity index (χ1n) is 5.86. The number of amides is 1. The largest absolute Gasteiger partial charge is 0.472 e. The summed E-state index contributed by atoms with van der Waals surface area (Å²) in [5, 5.41) is 9.25. The quantitative estimate of drug-likeness (QED) is 0.803. The Morgan fingerprint density at radius 1 is 1.59 bits per heavy atom. The van der Waals surface area contributed by atoms with Gasteiger partial charge in [0.1, 0.15) is 5.41 Å². The van der Waals surface area contributed by atoms with Crippen molar-refractivity contribution in [3.8, 4) is 6.07 Å². The molecule has 0 unspecified atom stereocenters. The monoisotopic (exact) mass is 232 g/mol. The van der Waals surface area contributed by atoms with Crippen molar-refractivity contribution in [2.24, 2.45) is 5.41 Å². The Kier molecular flexibility index (Phi) is 3.19. The minimum absolute atomic E-state index is 0.0568. The first-order chi connectivity index (χ1) is 8.18. The highest BCUT2D eigenvalue weighted by atomic mass is 16.3. The fourth-order valence-corrected chi connectivity index (χ4v) is 2.45. The Labute approximate surface area is 101 Å². The topological polar surface area (TPSA) is 57.2 Å². The summed E-state index contributed by atoms with van der Waals surface area (Å²) in [4.78, 5) is 13.9. The van der Waals surface area contributed by atoms with Gasteiger partial charge in [-0.25, -0.2) is 0 Å². The van der Waals surface area contributed by atoms with E-state index in [0.717, 1.165) is 18.4 Å². The highest BCUT2D eigenvalue weighted by Gasteiger charge is 2.43. The van der Waals surface area contributed by atoms with Gasteiger partial charge in [0.25, 0.3) is 0 Å². The number of nitriles is 1. The van der Waals surface area contributed by atoms with Gasteiger partial charge in [-0.2, -0.15) is 5.26 Å². The summed E-state index contributed by atoms with van der Waals surface area (Å²) in [7, 11) is 1.74. The average molecular weight is 232 g/mol. The van der Waals surface area contributed by atoms with E-state index in [1.54, 1.807) is 24.5 Å². The van der Waals surface area contributed by atoms with Crippen molar-refractivity contribution in [3.63, 3.8) is 0 Å². The number of carbonyl (C=O) groups excluding carboxylic acids is 1. The van der Waals surface area contributed by atoms with Crippen LogP contribution in [0.25, 0.3) is 0 Å².